The summed E-state index contributed by atoms with van der Waals surface area (Å²) in [4.78, 5) is 14.3. The highest BCUT2D eigenvalue weighted by molar-refractivity contribution is 5.95. The standard InChI is InChI=1S/C15H15NO3/c17-13-4-1-3-11(9-13)15(18)16(12-6-7-12)10-14-5-2-8-19-14/h1-5,8-9,12,17H,6-7,10H2. The summed E-state index contributed by atoms with van der Waals surface area (Å²) in [5.74, 6) is 0.829. The molecule has 2 aromatic rings. The fourth-order valence-corrected chi connectivity index (χ4v) is 2.13. The van der Waals surface area contributed by atoms with Gasteiger partial charge in [-0.05, 0) is 43.2 Å². The lowest BCUT2D eigenvalue weighted by Crippen LogP contribution is -2.32. The fourth-order valence-electron chi connectivity index (χ4n) is 2.13. The van der Waals surface area contributed by atoms with Crippen molar-refractivity contribution in [2.75, 3.05) is 0 Å². The van der Waals surface area contributed by atoms with E-state index in [1.54, 1.807) is 24.5 Å². The molecule has 1 amide bonds. The summed E-state index contributed by atoms with van der Waals surface area (Å²) < 4.78 is 5.31. The number of hydrogen-bond donors (Lipinski definition) is 1. The maximum absolute atomic E-state index is 12.5. The minimum Gasteiger partial charge on any atom is -0.508 e. The first-order chi connectivity index (χ1) is 9.24. The minimum absolute atomic E-state index is 0.0604. The maximum atomic E-state index is 12.5. The topological polar surface area (TPSA) is 53.7 Å². The molecule has 1 N–H and O–H groups in total. The van der Waals surface area contributed by atoms with Crippen molar-refractivity contribution < 1.29 is 14.3 Å². The maximum Gasteiger partial charge on any atom is 0.254 e. The van der Waals surface area contributed by atoms with Gasteiger partial charge in [-0.1, -0.05) is 6.07 Å². The summed E-state index contributed by atoms with van der Waals surface area (Å²) >= 11 is 0. The lowest BCUT2D eigenvalue weighted by atomic mass is 10.2. The lowest BCUT2D eigenvalue weighted by Gasteiger charge is -2.21. The molecule has 4 heteroatoms. The zero-order chi connectivity index (χ0) is 13.2. The summed E-state index contributed by atoms with van der Waals surface area (Å²) in [5, 5.41) is 9.47. The van der Waals surface area contributed by atoms with Crippen LogP contribution < -0.4 is 0 Å². The molecule has 0 aliphatic heterocycles. The molecule has 19 heavy (non-hydrogen) atoms. The molecular formula is C15H15NO3. The molecule has 98 valence electrons. The second kappa shape index (κ2) is 4.80. The fraction of sp³-hybridized carbons (Fsp3) is 0.267. The molecule has 1 heterocycles. The second-order valence-corrected chi connectivity index (χ2v) is 4.79. The number of carbonyl (C=O) groups is 1. The van der Waals surface area contributed by atoms with Crippen LogP contribution in [0.2, 0.25) is 0 Å². The normalized spacial score (nSPS) is 14.3. The molecule has 1 aliphatic rings. The minimum atomic E-state index is -0.0604. The number of phenols is 1. The van der Waals surface area contributed by atoms with Gasteiger partial charge in [0.2, 0.25) is 0 Å². The highest BCUT2D eigenvalue weighted by atomic mass is 16.3. The van der Waals surface area contributed by atoms with Crippen LogP contribution in [-0.2, 0) is 6.54 Å². The molecule has 0 bridgehead atoms. The molecule has 0 radical (unpaired) electrons. The van der Waals surface area contributed by atoms with E-state index in [1.165, 1.54) is 6.07 Å². The van der Waals surface area contributed by atoms with E-state index in [0.717, 1.165) is 18.6 Å². The number of hydrogen-bond acceptors (Lipinski definition) is 3. The second-order valence-electron chi connectivity index (χ2n) is 4.79. The van der Waals surface area contributed by atoms with Crippen molar-refractivity contribution in [3.63, 3.8) is 0 Å². The van der Waals surface area contributed by atoms with Gasteiger partial charge in [0.15, 0.2) is 0 Å². The SMILES string of the molecule is O=C(c1cccc(O)c1)N(Cc1ccco1)C1CC1. The van der Waals surface area contributed by atoms with Crippen LogP contribution in [0, 0.1) is 0 Å². The first-order valence-electron chi connectivity index (χ1n) is 6.36. The lowest BCUT2D eigenvalue weighted by molar-refractivity contribution is 0.0717. The van der Waals surface area contributed by atoms with Crippen molar-refractivity contribution in [2.24, 2.45) is 0 Å². The van der Waals surface area contributed by atoms with Crippen molar-refractivity contribution in [1.29, 1.82) is 0 Å². The van der Waals surface area contributed by atoms with Crippen molar-refractivity contribution in [1.82, 2.24) is 4.90 Å². The van der Waals surface area contributed by atoms with E-state index >= 15 is 0 Å². The Bertz CT molecular complexity index is 573. The summed E-state index contributed by atoms with van der Waals surface area (Å²) in [6.45, 7) is 0.478. The number of carbonyl (C=O) groups excluding carboxylic acids is 1. The monoisotopic (exact) mass is 257 g/mol. The van der Waals surface area contributed by atoms with Crippen molar-refractivity contribution in [3.05, 3.63) is 54.0 Å². The van der Waals surface area contributed by atoms with E-state index < -0.39 is 0 Å². The Kier molecular flexibility index (Phi) is 2.99. The van der Waals surface area contributed by atoms with Gasteiger partial charge < -0.3 is 14.4 Å². The van der Waals surface area contributed by atoms with Gasteiger partial charge in [0.25, 0.3) is 5.91 Å². The van der Waals surface area contributed by atoms with Crippen LogP contribution in [-0.4, -0.2) is 22.0 Å². The van der Waals surface area contributed by atoms with E-state index in [-0.39, 0.29) is 11.7 Å². The van der Waals surface area contributed by atoms with Gasteiger partial charge in [-0.3, -0.25) is 4.79 Å². The summed E-state index contributed by atoms with van der Waals surface area (Å²) in [7, 11) is 0. The van der Waals surface area contributed by atoms with Crippen molar-refractivity contribution in [2.45, 2.75) is 25.4 Å². The molecule has 1 fully saturated rings. The van der Waals surface area contributed by atoms with Crippen LogP contribution in [0.3, 0.4) is 0 Å². The predicted molar refractivity (Wildman–Crippen MR) is 69.7 cm³/mol. The largest absolute Gasteiger partial charge is 0.508 e. The van der Waals surface area contributed by atoms with E-state index in [9.17, 15) is 9.90 Å². The number of aromatic hydroxyl groups is 1. The quantitative estimate of drug-likeness (QED) is 0.916. The molecule has 4 nitrogen and oxygen atoms in total. The molecule has 1 aliphatic carbocycles. The van der Waals surface area contributed by atoms with Gasteiger partial charge in [0, 0.05) is 11.6 Å². The molecule has 3 rings (SSSR count). The Morgan fingerprint density at radius 2 is 2.16 bits per heavy atom. The number of rotatable bonds is 4. The zero-order valence-electron chi connectivity index (χ0n) is 10.5. The molecule has 1 aromatic carbocycles. The van der Waals surface area contributed by atoms with E-state index in [4.69, 9.17) is 4.42 Å². The molecule has 0 unspecified atom stereocenters. The van der Waals surface area contributed by atoms with Gasteiger partial charge in [-0.2, -0.15) is 0 Å². The third kappa shape index (κ3) is 2.62. The molecule has 0 atom stereocenters. The van der Waals surface area contributed by atoms with Crippen LogP contribution in [0.5, 0.6) is 5.75 Å². The molecular weight excluding hydrogens is 242 g/mol. The third-order valence-corrected chi connectivity index (χ3v) is 3.25. The smallest absolute Gasteiger partial charge is 0.254 e. The highest BCUT2D eigenvalue weighted by Gasteiger charge is 2.33. The summed E-state index contributed by atoms with van der Waals surface area (Å²) in [5.41, 5.74) is 0.512. The summed E-state index contributed by atoms with van der Waals surface area (Å²) in [6.07, 6.45) is 3.68. The first-order valence-corrected chi connectivity index (χ1v) is 6.36. The zero-order valence-corrected chi connectivity index (χ0v) is 10.5. The number of phenolic OH excluding ortho intramolecular Hbond substituents is 1. The molecule has 0 saturated heterocycles. The molecule has 1 saturated carbocycles. The Morgan fingerprint density at radius 3 is 2.79 bits per heavy atom. The van der Waals surface area contributed by atoms with E-state index in [0.29, 0.717) is 18.2 Å². The van der Waals surface area contributed by atoms with Crippen LogP contribution in [0.1, 0.15) is 29.0 Å². The van der Waals surface area contributed by atoms with Gasteiger partial charge in [0.05, 0.1) is 12.8 Å². The highest BCUT2D eigenvalue weighted by Crippen LogP contribution is 2.30. The Hall–Kier alpha value is -2.23. The number of nitrogens with zero attached hydrogens (tertiary/aromatic N) is 1. The van der Waals surface area contributed by atoms with Gasteiger partial charge in [-0.15, -0.1) is 0 Å². The number of furan rings is 1. The Balaban J connectivity index is 1.82. The number of benzene rings is 1. The third-order valence-electron chi connectivity index (χ3n) is 3.25. The first kappa shape index (κ1) is 11.8. The van der Waals surface area contributed by atoms with Crippen LogP contribution in [0.4, 0.5) is 0 Å². The Morgan fingerprint density at radius 1 is 1.32 bits per heavy atom. The predicted octanol–water partition coefficient (Wildman–Crippen LogP) is 2.79. The van der Waals surface area contributed by atoms with Crippen molar-refractivity contribution >= 4 is 5.91 Å². The van der Waals surface area contributed by atoms with E-state index in [2.05, 4.69) is 0 Å². The van der Waals surface area contributed by atoms with Crippen LogP contribution in [0.15, 0.2) is 47.1 Å². The number of amides is 1. The van der Waals surface area contributed by atoms with E-state index in [1.807, 2.05) is 17.0 Å². The average Bonchev–Trinajstić information content (AvgIpc) is 3.12. The van der Waals surface area contributed by atoms with Gasteiger partial charge in [0.1, 0.15) is 11.5 Å². The van der Waals surface area contributed by atoms with Gasteiger partial charge >= 0.3 is 0 Å². The average molecular weight is 257 g/mol. The molecule has 1 aromatic heterocycles. The van der Waals surface area contributed by atoms with Crippen molar-refractivity contribution in [3.8, 4) is 5.75 Å². The summed E-state index contributed by atoms with van der Waals surface area (Å²) in [6, 6.07) is 10.4. The van der Waals surface area contributed by atoms with Crippen LogP contribution >= 0.6 is 0 Å². The van der Waals surface area contributed by atoms with Gasteiger partial charge in [-0.25, -0.2) is 0 Å². The molecule has 0 spiro atoms. The van der Waals surface area contributed by atoms with Crippen LogP contribution in [0.25, 0.3) is 0 Å². The Labute approximate surface area is 111 Å².